The maximum atomic E-state index is 2.59. The second-order valence-electron chi connectivity index (χ2n) is 8.92. The molecule has 0 spiro atoms. The van der Waals surface area contributed by atoms with Gasteiger partial charge in [0.1, 0.15) is 0 Å². The van der Waals surface area contributed by atoms with Crippen LogP contribution >= 0.6 is 10.4 Å². The Morgan fingerprint density at radius 1 is 0.400 bits per heavy atom. The van der Waals surface area contributed by atoms with Gasteiger partial charge < -0.3 is 0 Å². The summed E-state index contributed by atoms with van der Waals surface area (Å²) in [5.74, 6) is 0. The number of fused-ring (bicyclic) bond motifs is 1. The van der Waals surface area contributed by atoms with Gasteiger partial charge in [-0.25, -0.2) is 0 Å². The molecular formula is C32H28N2S. The van der Waals surface area contributed by atoms with Gasteiger partial charge in [-0.15, -0.1) is 0 Å². The summed E-state index contributed by atoms with van der Waals surface area (Å²) in [6.45, 7) is 4.30. The van der Waals surface area contributed by atoms with Gasteiger partial charge in [0.15, 0.2) is 0 Å². The molecule has 0 saturated carbocycles. The van der Waals surface area contributed by atoms with Gasteiger partial charge in [-0.3, -0.25) is 8.61 Å². The Morgan fingerprint density at radius 3 is 1.11 bits per heavy atom. The lowest BCUT2D eigenvalue weighted by molar-refractivity contribution is 1.28. The van der Waals surface area contributed by atoms with E-state index >= 15 is 0 Å². The van der Waals surface area contributed by atoms with Crippen LogP contribution in [0.2, 0.25) is 0 Å². The van der Waals surface area contributed by atoms with E-state index in [-0.39, 0.29) is 0 Å². The molecule has 35 heavy (non-hydrogen) atoms. The zero-order chi connectivity index (χ0) is 23.8. The van der Waals surface area contributed by atoms with Crippen molar-refractivity contribution in [2.24, 2.45) is 0 Å². The number of benzene rings is 5. The van der Waals surface area contributed by atoms with E-state index in [1.807, 2.05) is 0 Å². The third-order valence-corrected chi connectivity index (χ3v) is 10.3. The van der Waals surface area contributed by atoms with E-state index in [9.17, 15) is 0 Å². The van der Waals surface area contributed by atoms with Crippen molar-refractivity contribution in [3.05, 3.63) is 145 Å². The van der Waals surface area contributed by atoms with Gasteiger partial charge >= 0.3 is 0 Å². The first-order chi connectivity index (χ1) is 17.2. The van der Waals surface area contributed by atoms with Gasteiger partial charge in [0.25, 0.3) is 0 Å². The van der Waals surface area contributed by atoms with Crippen LogP contribution in [0.15, 0.2) is 143 Å². The second kappa shape index (κ2) is 8.68. The SMILES string of the molecule is Cc1ccc(N2c3ccccc3N(c3ccc(C)cc3)S2(c2ccccc2)c2ccccc2)cc1. The number of rotatable bonds is 4. The fourth-order valence-electron chi connectivity index (χ4n) is 4.90. The lowest BCUT2D eigenvalue weighted by atomic mass is 10.2. The van der Waals surface area contributed by atoms with E-state index in [1.165, 1.54) is 43.7 Å². The molecule has 2 nitrogen and oxygen atoms in total. The average molecular weight is 473 g/mol. The van der Waals surface area contributed by atoms with E-state index in [0.717, 1.165) is 0 Å². The fraction of sp³-hybridized carbons (Fsp3) is 0.0625. The standard InChI is InChI=1S/C32H28N2S/c1-25-17-21-27(22-18-25)33-31-15-9-10-16-32(31)34(28-23-19-26(2)20-24-28)35(33,29-11-5-3-6-12-29)30-13-7-4-8-14-30/h3-24H,1-2H3. The van der Waals surface area contributed by atoms with Gasteiger partial charge in [0, 0.05) is 9.79 Å². The molecule has 0 amide bonds. The lowest BCUT2D eigenvalue weighted by Crippen LogP contribution is -2.29. The maximum absolute atomic E-state index is 2.59. The number of aryl methyl sites for hydroxylation is 2. The Kier molecular flexibility index (Phi) is 5.35. The molecule has 1 aliphatic heterocycles. The summed E-state index contributed by atoms with van der Waals surface area (Å²) < 4.78 is 5.18. The first-order valence-corrected chi connectivity index (χ1v) is 13.5. The number of anilines is 4. The molecule has 1 heterocycles. The van der Waals surface area contributed by atoms with Crippen molar-refractivity contribution in [1.82, 2.24) is 0 Å². The van der Waals surface area contributed by atoms with Crippen molar-refractivity contribution in [2.45, 2.75) is 23.6 Å². The minimum Gasteiger partial charge on any atom is -0.277 e. The molecule has 0 unspecified atom stereocenters. The highest BCUT2D eigenvalue weighted by Gasteiger charge is 2.49. The third-order valence-electron chi connectivity index (χ3n) is 6.53. The van der Waals surface area contributed by atoms with Crippen molar-refractivity contribution in [2.75, 3.05) is 8.61 Å². The molecule has 0 saturated heterocycles. The van der Waals surface area contributed by atoms with E-state index in [4.69, 9.17) is 0 Å². The number of nitrogens with zero attached hydrogens (tertiary/aromatic N) is 2. The Hall–Kier alpha value is -3.95. The van der Waals surface area contributed by atoms with Gasteiger partial charge in [-0.05, 0) is 84.9 Å². The first-order valence-electron chi connectivity index (χ1n) is 12.0. The monoisotopic (exact) mass is 472 g/mol. The molecule has 0 atom stereocenters. The minimum absolute atomic E-state index is 1.19. The van der Waals surface area contributed by atoms with Crippen LogP contribution in [0, 0.1) is 13.8 Å². The number of para-hydroxylation sites is 2. The molecule has 0 fully saturated rings. The van der Waals surface area contributed by atoms with Crippen LogP contribution in [0.4, 0.5) is 22.7 Å². The Labute approximate surface area is 209 Å². The highest BCUT2D eigenvalue weighted by molar-refractivity contribution is 8.36. The molecule has 172 valence electrons. The molecule has 5 aromatic carbocycles. The van der Waals surface area contributed by atoms with Gasteiger partial charge in [-0.1, -0.05) is 83.9 Å². The highest BCUT2D eigenvalue weighted by atomic mass is 32.3. The molecule has 0 aliphatic carbocycles. The van der Waals surface area contributed by atoms with Crippen molar-refractivity contribution < 1.29 is 0 Å². The second-order valence-corrected chi connectivity index (χ2v) is 11.7. The smallest absolute Gasteiger partial charge is 0.0777 e. The van der Waals surface area contributed by atoms with Crippen LogP contribution in [0.1, 0.15) is 11.1 Å². The van der Waals surface area contributed by atoms with Crippen molar-refractivity contribution in [3.63, 3.8) is 0 Å². The summed E-state index contributed by atoms with van der Waals surface area (Å²) in [5, 5.41) is 0. The molecule has 6 rings (SSSR count). The van der Waals surface area contributed by atoms with E-state index in [1.54, 1.807) is 0 Å². The van der Waals surface area contributed by atoms with Crippen LogP contribution in [0.3, 0.4) is 0 Å². The Morgan fingerprint density at radius 2 is 0.743 bits per heavy atom. The molecule has 0 aromatic heterocycles. The number of hydrogen-bond acceptors (Lipinski definition) is 2. The van der Waals surface area contributed by atoms with E-state index in [2.05, 4.69) is 156 Å². The van der Waals surface area contributed by atoms with E-state index in [0.29, 0.717) is 0 Å². The average Bonchev–Trinajstić information content (AvgIpc) is 3.22. The van der Waals surface area contributed by atoms with E-state index < -0.39 is 10.4 Å². The van der Waals surface area contributed by atoms with Crippen LogP contribution < -0.4 is 8.61 Å². The molecule has 5 aromatic rings. The summed E-state index contributed by atoms with van der Waals surface area (Å²) >= 11 is 0. The molecule has 0 radical (unpaired) electrons. The molecule has 3 heteroatoms. The van der Waals surface area contributed by atoms with Crippen molar-refractivity contribution >= 4 is 33.1 Å². The normalized spacial score (nSPS) is 15.0. The largest absolute Gasteiger partial charge is 0.277 e. The zero-order valence-corrected chi connectivity index (χ0v) is 20.8. The van der Waals surface area contributed by atoms with Crippen LogP contribution in [-0.4, -0.2) is 0 Å². The Bertz CT molecular complexity index is 1330. The first kappa shape index (κ1) is 21.6. The molecule has 0 N–H and O–H groups in total. The van der Waals surface area contributed by atoms with Crippen LogP contribution in [0.25, 0.3) is 0 Å². The summed E-state index contributed by atoms with van der Waals surface area (Å²) in [5.41, 5.74) is 7.35. The minimum atomic E-state index is -1.92. The van der Waals surface area contributed by atoms with Gasteiger partial charge in [-0.2, -0.15) is 0 Å². The van der Waals surface area contributed by atoms with Gasteiger partial charge in [0.2, 0.25) is 0 Å². The fourth-order valence-corrected chi connectivity index (χ4v) is 8.98. The molecule has 0 bridgehead atoms. The summed E-state index contributed by atoms with van der Waals surface area (Å²) in [6, 6.07) is 48.8. The summed E-state index contributed by atoms with van der Waals surface area (Å²) in [6.07, 6.45) is 0. The third kappa shape index (κ3) is 3.43. The topological polar surface area (TPSA) is 6.48 Å². The van der Waals surface area contributed by atoms with Crippen molar-refractivity contribution in [1.29, 1.82) is 0 Å². The summed E-state index contributed by atoms with van der Waals surface area (Å²) in [4.78, 5) is 2.59. The van der Waals surface area contributed by atoms with Crippen molar-refractivity contribution in [3.8, 4) is 0 Å². The quantitative estimate of drug-likeness (QED) is 0.257. The number of hydrogen-bond donors (Lipinski definition) is 0. The van der Waals surface area contributed by atoms with Crippen LogP contribution in [0.5, 0.6) is 0 Å². The predicted octanol–water partition coefficient (Wildman–Crippen LogP) is 9.35. The molecular weight excluding hydrogens is 444 g/mol. The Balaban J connectivity index is 1.76. The van der Waals surface area contributed by atoms with Crippen LogP contribution in [-0.2, 0) is 0 Å². The molecule has 1 aliphatic rings. The summed E-state index contributed by atoms with van der Waals surface area (Å²) in [7, 11) is -1.92. The zero-order valence-electron chi connectivity index (χ0n) is 20.0. The highest BCUT2D eigenvalue weighted by Crippen LogP contribution is 2.78. The predicted molar refractivity (Wildman–Crippen MR) is 150 cm³/mol. The maximum Gasteiger partial charge on any atom is 0.0777 e. The van der Waals surface area contributed by atoms with Gasteiger partial charge in [0.05, 0.1) is 22.7 Å². The lowest BCUT2D eigenvalue weighted by Gasteiger charge is -2.51.